The zero-order valence-electron chi connectivity index (χ0n) is 6.91. The highest BCUT2D eigenvalue weighted by Crippen LogP contribution is 2.16. The maximum atomic E-state index is 11.0. The van der Waals surface area contributed by atoms with E-state index in [0.717, 1.165) is 0 Å². The zero-order valence-corrected chi connectivity index (χ0v) is 7.67. The molecule has 13 heavy (non-hydrogen) atoms. The van der Waals surface area contributed by atoms with Gasteiger partial charge >= 0.3 is 5.97 Å². The molecule has 0 amide bonds. The molecule has 0 aliphatic heterocycles. The van der Waals surface area contributed by atoms with Crippen LogP contribution in [0.15, 0.2) is 18.2 Å². The standard InChI is InChI=1S/C9H7ClO3/c1-13-9(12)6-2-3-8(10)7(4-6)5-11/h2-5H,1H3. The van der Waals surface area contributed by atoms with Gasteiger partial charge < -0.3 is 4.74 Å². The van der Waals surface area contributed by atoms with E-state index in [1.807, 2.05) is 0 Å². The van der Waals surface area contributed by atoms with Crippen LogP contribution in [-0.4, -0.2) is 19.4 Å². The van der Waals surface area contributed by atoms with Crippen LogP contribution in [0, 0.1) is 0 Å². The van der Waals surface area contributed by atoms with Gasteiger partial charge in [-0.1, -0.05) is 11.6 Å². The number of esters is 1. The SMILES string of the molecule is COC(=O)c1ccc(Cl)c(C=O)c1. The number of hydrogen-bond donors (Lipinski definition) is 0. The van der Waals surface area contributed by atoms with Gasteiger partial charge in [0.05, 0.1) is 17.7 Å². The van der Waals surface area contributed by atoms with Gasteiger partial charge in [-0.3, -0.25) is 4.79 Å². The number of carbonyl (C=O) groups is 2. The van der Waals surface area contributed by atoms with E-state index < -0.39 is 5.97 Å². The minimum Gasteiger partial charge on any atom is -0.465 e. The van der Waals surface area contributed by atoms with E-state index in [1.54, 1.807) is 0 Å². The van der Waals surface area contributed by atoms with E-state index in [-0.39, 0.29) is 5.56 Å². The van der Waals surface area contributed by atoms with Crippen LogP contribution in [0.2, 0.25) is 5.02 Å². The van der Waals surface area contributed by atoms with Gasteiger partial charge in [0.1, 0.15) is 0 Å². The molecule has 0 aromatic heterocycles. The van der Waals surface area contributed by atoms with Gasteiger partial charge in [0.2, 0.25) is 0 Å². The molecular formula is C9H7ClO3. The fourth-order valence-corrected chi connectivity index (χ4v) is 1.04. The second-order valence-corrected chi connectivity index (χ2v) is 2.75. The normalized spacial score (nSPS) is 9.38. The Balaban J connectivity index is 3.13. The van der Waals surface area contributed by atoms with Crippen molar-refractivity contribution in [3.63, 3.8) is 0 Å². The second kappa shape index (κ2) is 4.05. The monoisotopic (exact) mass is 198 g/mol. The molecule has 0 saturated carbocycles. The van der Waals surface area contributed by atoms with Crippen molar-refractivity contribution >= 4 is 23.9 Å². The molecule has 0 atom stereocenters. The molecule has 0 radical (unpaired) electrons. The van der Waals surface area contributed by atoms with E-state index in [9.17, 15) is 9.59 Å². The lowest BCUT2D eigenvalue weighted by molar-refractivity contribution is 0.0600. The van der Waals surface area contributed by atoms with Crippen LogP contribution >= 0.6 is 11.6 Å². The predicted molar refractivity (Wildman–Crippen MR) is 48.2 cm³/mol. The first-order valence-corrected chi connectivity index (χ1v) is 3.90. The van der Waals surface area contributed by atoms with Crippen molar-refractivity contribution in [3.8, 4) is 0 Å². The first-order valence-electron chi connectivity index (χ1n) is 3.52. The average molecular weight is 199 g/mol. The van der Waals surface area contributed by atoms with Crippen LogP contribution in [0.25, 0.3) is 0 Å². The third-order valence-electron chi connectivity index (χ3n) is 1.54. The lowest BCUT2D eigenvalue weighted by Crippen LogP contribution is -2.01. The predicted octanol–water partition coefficient (Wildman–Crippen LogP) is 1.94. The fourth-order valence-electron chi connectivity index (χ4n) is 0.879. The van der Waals surface area contributed by atoms with E-state index >= 15 is 0 Å². The van der Waals surface area contributed by atoms with E-state index in [4.69, 9.17) is 11.6 Å². The Morgan fingerprint density at radius 2 is 2.23 bits per heavy atom. The van der Waals surface area contributed by atoms with Crippen LogP contribution in [0.1, 0.15) is 20.7 Å². The van der Waals surface area contributed by atoms with Crippen LogP contribution in [-0.2, 0) is 4.74 Å². The number of hydrogen-bond acceptors (Lipinski definition) is 3. The molecule has 0 bridgehead atoms. The third-order valence-corrected chi connectivity index (χ3v) is 1.89. The minimum absolute atomic E-state index is 0.282. The summed E-state index contributed by atoms with van der Waals surface area (Å²) in [5.74, 6) is -0.486. The number of carbonyl (C=O) groups excluding carboxylic acids is 2. The third kappa shape index (κ3) is 2.06. The molecule has 0 fully saturated rings. The molecule has 1 rings (SSSR count). The molecule has 0 aliphatic carbocycles. The van der Waals surface area contributed by atoms with Gasteiger partial charge in [-0.05, 0) is 18.2 Å². The van der Waals surface area contributed by atoms with Gasteiger partial charge in [0.15, 0.2) is 6.29 Å². The van der Waals surface area contributed by atoms with E-state index in [0.29, 0.717) is 16.9 Å². The number of halogens is 1. The molecule has 3 nitrogen and oxygen atoms in total. The maximum absolute atomic E-state index is 11.0. The first-order chi connectivity index (χ1) is 6.19. The summed E-state index contributed by atoms with van der Waals surface area (Å²) in [4.78, 5) is 21.5. The van der Waals surface area contributed by atoms with Crippen molar-refractivity contribution in [1.82, 2.24) is 0 Å². The Morgan fingerprint density at radius 3 is 2.77 bits per heavy atom. The maximum Gasteiger partial charge on any atom is 0.337 e. The van der Waals surface area contributed by atoms with Crippen LogP contribution in [0.3, 0.4) is 0 Å². The fraction of sp³-hybridized carbons (Fsp3) is 0.111. The minimum atomic E-state index is -0.486. The number of ether oxygens (including phenoxy) is 1. The highest BCUT2D eigenvalue weighted by molar-refractivity contribution is 6.33. The lowest BCUT2D eigenvalue weighted by Gasteiger charge is -2.00. The number of aldehydes is 1. The molecule has 0 aliphatic rings. The van der Waals surface area contributed by atoms with Crippen LogP contribution in [0.5, 0.6) is 0 Å². The number of methoxy groups -OCH3 is 1. The smallest absolute Gasteiger partial charge is 0.337 e. The summed E-state index contributed by atoms with van der Waals surface area (Å²) in [6.07, 6.45) is 0.592. The molecule has 0 unspecified atom stereocenters. The number of benzene rings is 1. The molecular weight excluding hydrogens is 192 g/mol. The van der Waals surface area contributed by atoms with Crippen molar-refractivity contribution in [1.29, 1.82) is 0 Å². The molecule has 0 N–H and O–H groups in total. The van der Waals surface area contributed by atoms with Crippen LogP contribution in [0.4, 0.5) is 0 Å². The number of rotatable bonds is 2. The first kappa shape index (κ1) is 9.74. The molecule has 0 heterocycles. The summed E-state index contributed by atoms with van der Waals surface area (Å²) >= 11 is 5.66. The summed E-state index contributed by atoms with van der Waals surface area (Å²) in [6, 6.07) is 4.37. The van der Waals surface area contributed by atoms with Gasteiger partial charge in [-0.15, -0.1) is 0 Å². The molecule has 4 heteroatoms. The summed E-state index contributed by atoms with van der Waals surface area (Å²) in [6.45, 7) is 0. The Hall–Kier alpha value is -1.35. The van der Waals surface area contributed by atoms with E-state index in [1.165, 1.54) is 25.3 Å². The lowest BCUT2D eigenvalue weighted by atomic mass is 10.1. The van der Waals surface area contributed by atoms with E-state index in [2.05, 4.69) is 4.74 Å². The molecule has 68 valence electrons. The zero-order chi connectivity index (χ0) is 9.84. The van der Waals surface area contributed by atoms with Crippen molar-refractivity contribution in [2.75, 3.05) is 7.11 Å². The van der Waals surface area contributed by atoms with Crippen LogP contribution < -0.4 is 0 Å². The van der Waals surface area contributed by atoms with Gasteiger partial charge in [0.25, 0.3) is 0 Å². The Kier molecular flexibility index (Phi) is 3.03. The quantitative estimate of drug-likeness (QED) is 0.539. The topological polar surface area (TPSA) is 43.4 Å². The van der Waals surface area contributed by atoms with Crippen molar-refractivity contribution < 1.29 is 14.3 Å². The molecule has 1 aromatic rings. The Bertz CT molecular complexity index is 347. The largest absolute Gasteiger partial charge is 0.465 e. The average Bonchev–Trinajstić information content (AvgIpc) is 2.17. The van der Waals surface area contributed by atoms with Gasteiger partial charge in [-0.25, -0.2) is 4.79 Å². The molecule has 0 saturated heterocycles. The van der Waals surface area contributed by atoms with Gasteiger partial charge in [-0.2, -0.15) is 0 Å². The summed E-state index contributed by atoms with van der Waals surface area (Å²) in [7, 11) is 1.28. The summed E-state index contributed by atoms with van der Waals surface area (Å²) in [5.41, 5.74) is 0.596. The molecule has 1 aromatic carbocycles. The Labute approximate surface area is 80.3 Å². The van der Waals surface area contributed by atoms with Crippen molar-refractivity contribution in [2.45, 2.75) is 0 Å². The van der Waals surface area contributed by atoms with Crippen molar-refractivity contribution in [2.24, 2.45) is 0 Å². The summed E-state index contributed by atoms with van der Waals surface area (Å²) in [5, 5.41) is 0.322. The summed E-state index contributed by atoms with van der Waals surface area (Å²) < 4.78 is 4.48. The van der Waals surface area contributed by atoms with Crippen molar-refractivity contribution in [3.05, 3.63) is 34.3 Å². The molecule has 0 spiro atoms. The highest BCUT2D eigenvalue weighted by Gasteiger charge is 2.07. The van der Waals surface area contributed by atoms with Gasteiger partial charge in [0, 0.05) is 5.56 Å². The second-order valence-electron chi connectivity index (χ2n) is 2.35. The highest BCUT2D eigenvalue weighted by atomic mass is 35.5. The Morgan fingerprint density at radius 1 is 1.54 bits per heavy atom.